The standard InChI is InChI=1S/C20H21N3O4/c1-27-16-9-7-15(8-10-16)23-12-14(11-17(23)24)20(26)22-18(19(21)25)13-5-3-2-4-6-13/h2-10,14,18H,11-12H2,1H3,(H2,21,25)(H,22,26). The molecule has 1 fully saturated rings. The van der Waals surface area contributed by atoms with Crippen molar-refractivity contribution >= 4 is 23.4 Å². The molecule has 1 saturated heterocycles. The Hall–Kier alpha value is -3.35. The quantitative estimate of drug-likeness (QED) is 0.805. The van der Waals surface area contributed by atoms with Gasteiger partial charge in [-0.15, -0.1) is 0 Å². The van der Waals surface area contributed by atoms with Gasteiger partial charge in [0.2, 0.25) is 17.7 Å². The first-order chi connectivity index (χ1) is 13.0. The number of rotatable bonds is 6. The van der Waals surface area contributed by atoms with E-state index in [0.29, 0.717) is 17.0 Å². The molecule has 3 amide bonds. The largest absolute Gasteiger partial charge is 0.497 e. The maximum Gasteiger partial charge on any atom is 0.244 e. The molecule has 0 aliphatic carbocycles. The zero-order valence-electron chi connectivity index (χ0n) is 14.9. The van der Waals surface area contributed by atoms with E-state index in [9.17, 15) is 14.4 Å². The third-order valence-electron chi connectivity index (χ3n) is 4.58. The molecule has 0 bridgehead atoms. The van der Waals surface area contributed by atoms with Crippen LogP contribution in [0.3, 0.4) is 0 Å². The fraction of sp³-hybridized carbons (Fsp3) is 0.250. The van der Waals surface area contributed by atoms with E-state index >= 15 is 0 Å². The van der Waals surface area contributed by atoms with Gasteiger partial charge >= 0.3 is 0 Å². The molecule has 1 aliphatic heterocycles. The van der Waals surface area contributed by atoms with Gasteiger partial charge in [-0.05, 0) is 29.8 Å². The highest BCUT2D eigenvalue weighted by molar-refractivity contribution is 6.01. The van der Waals surface area contributed by atoms with Gasteiger partial charge in [0.1, 0.15) is 11.8 Å². The number of amides is 3. The van der Waals surface area contributed by atoms with Crippen molar-refractivity contribution in [2.75, 3.05) is 18.6 Å². The zero-order valence-corrected chi connectivity index (χ0v) is 14.9. The molecule has 3 N–H and O–H groups in total. The van der Waals surface area contributed by atoms with Crippen LogP contribution in [0.1, 0.15) is 18.0 Å². The van der Waals surface area contributed by atoms with E-state index in [1.165, 1.54) is 0 Å². The van der Waals surface area contributed by atoms with Gasteiger partial charge in [0, 0.05) is 18.7 Å². The van der Waals surface area contributed by atoms with Gasteiger partial charge in [0.25, 0.3) is 0 Å². The second kappa shape index (κ2) is 7.90. The molecule has 0 spiro atoms. The van der Waals surface area contributed by atoms with Crippen LogP contribution in [0.4, 0.5) is 5.69 Å². The summed E-state index contributed by atoms with van der Waals surface area (Å²) in [6, 6.07) is 14.9. The lowest BCUT2D eigenvalue weighted by atomic mass is 10.0. The van der Waals surface area contributed by atoms with Crippen molar-refractivity contribution in [3.05, 3.63) is 60.2 Å². The molecule has 1 aliphatic rings. The molecule has 7 heteroatoms. The lowest BCUT2D eigenvalue weighted by Gasteiger charge is -2.19. The highest BCUT2D eigenvalue weighted by Crippen LogP contribution is 2.27. The number of methoxy groups -OCH3 is 1. The fourth-order valence-electron chi connectivity index (χ4n) is 3.12. The number of nitrogens with zero attached hydrogens (tertiary/aromatic N) is 1. The van der Waals surface area contributed by atoms with Crippen LogP contribution in [0.5, 0.6) is 5.75 Å². The van der Waals surface area contributed by atoms with Crippen LogP contribution < -0.4 is 20.7 Å². The van der Waals surface area contributed by atoms with Crippen LogP contribution in [0.2, 0.25) is 0 Å². The van der Waals surface area contributed by atoms with E-state index in [-0.39, 0.29) is 24.8 Å². The molecular formula is C20H21N3O4. The minimum absolute atomic E-state index is 0.0815. The Kier molecular flexibility index (Phi) is 5.40. The van der Waals surface area contributed by atoms with Crippen molar-refractivity contribution in [1.29, 1.82) is 0 Å². The van der Waals surface area contributed by atoms with Crippen molar-refractivity contribution < 1.29 is 19.1 Å². The molecule has 3 rings (SSSR count). The summed E-state index contributed by atoms with van der Waals surface area (Å²) in [5.74, 6) is -1.02. The average molecular weight is 367 g/mol. The number of carbonyl (C=O) groups excluding carboxylic acids is 3. The van der Waals surface area contributed by atoms with Gasteiger partial charge in [-0.3, -0.25) is 14.4 Å². The van der Waals surface area contributed by atoms with Crippen molar-refractivity contribution in [2.45, 2.75) is 12.5 Å². The number of anilines is 1. The number of hydrogen-bond donors (Lipinski definition) is 2. The van der Waals surface area contributed by atoms with Gasteiger partial charge in [0.15, 0.2) is 0 Å². The number of nitrogens with two attached hydrogens (primary N) is 1. The topological polar surface area (TPSA) is 102 Å². The summed E-state index contributed by atoms with van der Waals surface area (Å²) in [6.07, 6.45) is 0.0815. The summed E-state index contributed by atoms with van der Waals surface area (Å²) < 4.78 is 5.11. The van der Waals surface area contributed by atoms with Gasteiger partial charge in [-0.1, -0.05) is 30.3 Å². The second-order valence-corrected chi connectivity index (χ2v) is 6.36. The van der Waals surface area contributed by atoms with Gasteiger partial charge in [0.05, 0.1) is 13.0 Å². The normalized spacial score (nSPS) is 17.4. The molecule has 27 heavy (non-hydrogen) atoms. The lowest BCUT2D eigenvalue weighted by Crippen LogP contribution is -2.41. The van der Waals surface area contributed by atoms with Crippen molar-refractivity contribution in [3.8, 4) is 5.75 Å². The maximum atomic E-state index is 12.6. The number of ether oxygens (including phenoxy) is 1. The van der Waals surface area contributed by atoms with Crippen LogP contribution in [0.25, 0.3) is 0 Å². The Morgan fingerprint density at radius 3 is 2.41 bits per heavy atom. The zero-order chi connectivity index (χ0) is 19.4. The summed E-state index contributed by atoms with van der Waals surface area (Å²) >= 11 is 0. The smallest absolute Gasteiger partial charge is 0.244 e. The van der Waals surface area contributed by atoms with Gasteiger partial charge in [-0.2, -0.15) is 0 Å². The van der Waals surface area contributed by atoms with E-state index in [2.05, 4.69) is 5.32 Å². The number of benzene rings is 2. The number of carbonyl (C=O) groups is 3. The minimum Gasteiger partial charge on any atom is -0.497 e. The molecule has 1 heterocycles. The molecule has 2 unspecified atom stereocenters. The van der Waals surface area contributed by atoms with Crippen LogP contribution in [-0.2, 0) is 14.4 Å². The number of primary amides is 1. The SMILES string of the molecule is COc1ccc(N2CC(C(=O)NC(C(N)=O)c3ccccc3)CC2=O)cc1. The van der Waals surface area contributed by atoms with Crippen LogP contribution in [-0.4, -0.2) is 31.4 Å². The Morgan fingerprint density at radius 1 is 1.15 bits per heavy atom. The van der Waals surface area contributed by atoms with Crippen molar-refractivity contribution in [1.82, 2.24) is 5.32 Å². The third-order valence-corrected chi connectivity index (χ3v) is 4.58. The Labute approximate surface area is 157 Å². The lowest BCUT2D eigenvalue weighted by molar-refractivity contribution is -0.130. The summed E-state index contributed by atoms with van der Waals surface area (Å²) in [4.78, 5) is 38.3. The third kappa shape index (κ3) is 4.08. The summed E-state index contributed by atoms with van der Waals surface area (Å²) in [5.41, 5.74) is 6.75. The monoisotopic (exact) mass is 367 g/mol. The molecule has 0 aromatic heterocycles. The van der Waals surface area contributed by atoms with E-state index in [4.69, 9.17) is 10.5 Å². The Morgan fingerprint density at radius 2 is 1.81 bits per heavy atom. The van der Waals surface area contributed by atoms with Crippen molar-refractivity contribution in [3.63, 3.8) is 0 Å². The fourth-order valence-corrected chi connectivity index (χ4v) is 3.12. The predicted octanol–water partition coefficient (Wildman–Crippen LogP) is 1.39. The maximum absolute atomic E-state index is 12.6. The molecule has 7 nitrogen and oxygen atoms in total. The van der Waals surface area contributed by atoms with E-state index < -0.39 is 17.9 Å². The number of nitrogens with one attached hydrogen (secondary N) is 1. The van der Waals surface area contributed by atoms with Crippen molar-refractivity contribution in [2.24, 2.45) is 11.7 Å². The first-order valence-corrected chi connectivity index (χ1v) is 8.58. The first-order valence-electron chi connectivity index (χ1n) is 8.58. The van der Waals surface area contributed by atoms with Crippen LogP contribution in [0, 0.1) is 5.92 Å². The number of hydrogen-bond acceptors (Lipinski definition) is 4. The van der Waals surface area contributed by atoms with Crippen LogP contribution in [0.15, 0.2) is 54.6 Å². The Bertz CT molecular complexity index is 836. The van der Waals surface area contributed by atoms with E-state index in [1.807, 2.05) is 6.07 Å². The molecule has 2 aromatic rings. The van der Waals surface area contributed by atoms with Crippen LogP contribution >= 0.6 is 0 Å². The Balaban J connectivity index is 1.70. The molecule has 0 saturated carbocycles. The van der Waals surface area contributed by atoms with Gasteiger partial charge in [-0.25, -0.2) is 0 Å². The molecule has 2 atom stereocenters. The minimum atomic E-state index is -0.927. The highest BCUT2D eigenvalue weighted by Gasteiger charge is 2.36. The molecular weight excluding hydrogens is 346 g/mol. The summed E-state index contributed by atoms with van der Waals surface area (Å²) in [7, 11) is 1.57. The molecule has 140 valence electrons. The molecule has 0 radical (unpaired) electrons. The first kappa shape index (κ1) is 18.4. The van der Waals surface area contributed by atoms with E-state index in [1.54, 1.807) is 60.5 Å². The van der Waals surface area contributed by atoms with Gasteiger partial charge < -0.3 is 20.7 Å². The summed E-state index contributed by atoms with van der Waals surface area (Å²) in [5, 5.41) is 2.67. The second-order valence-electron chi connectivity index (χ2n) is 6.36. The summed E-state index contributed by atoms with van der Waals surface area (Å²) in [6.45, 7) is 0.247. The predicted molar refractivity (Wildman–Crippen MR) is 100.0 cm³/mol. The average Bonchev–Trinajstić information content (AvgIpc) is 3.08. The van der Waals surface area contributed by atoms with E-state index in [0.717, 1.165) is 0 Å². The highest BCUT2D eigenvalue weighted by atomic mass is 16.5. The molecule has 2 aromatic carbocycles.